The highest BCUT2D eigenvalue weighted by atomic mass is 16.4. The van der Waals surface area contributed by atoms with Crippen LogP contribution in [0.25, 0.3) is 11.5 Å². The van der Waals surface area contributed by atoms with Crippen molar-refractivity contribution in [2.24, 2.45) is 5.92 Å². The van der Waals surface area contributed by atoms with E-state index < -0.39 is 0 Å². The summed E-state index contributed by atoms with van der Waals surface area (Å²) in [6, 6.07) is 9.15. The molecule has 1 aliphatic heterocycles. The molecule has 172 valence electrons. The highest BCUT2D eigenvalue weighted by molar-refractivity contribution is 5.92. The first kappa shape index (κ1) is 21.4. The fourth-order valence-electron chi connectivity index (χ4n) is 4.63. The summed E-state index contributed by atoms with van der Waals surface area (Å²) in [5.41, 5.74) is 1.82. The molecule has 5 rings (SSSR count). The molecule has 8 nitrogen and oxygen atoms in total. The number of aromatic nitrogens is 3. The van der Waals surface area contributed by atoms with Crippen molar-refractivity contribution in [2.45, 2.75) is 57.7 Å². The minimum absolute atomic E-state index is 0.0160. The molecule has 0 radical (unpaired) electrons. The smallest absolute Gasteiger partial charge is 0.289 e. The van der Waals surface area contributed by atoms with Crippen molar-refractivity contribution in [3.8, 4) is 11.5 Å². The molecule has 0 spiro atoms. The average Bonchev–Trinajstić information content (AvgIpc) is 3.16. The predicted molar refractivity (Wildman–Crippen MR) is 122 cm³/mol. The van der Waals surface area contributed by atoms with E-state index in [1.54, 1.807) is 23.2 Å². The van der Waals surface area contributed by atoms with Gasteiger partial charge in [-0.1, -0.05) is 6.07 Å². The number of carbonyl (C=O) groups is 2. The Balaban J connectivity index is 1.18. The van der Waals surface area contributed by atoms with E-state index in [2.05, 4.69) is 29.2 Å². The van der Waals surface area contributed by atoms with Gasteiger partial charge in [0.2, 0.25) is 5.91 Å². The molecule has 1 N–H and O–H groups in total. The molecule has 33 heavy (non-hydrogen) atoms. The number of likely N-dealkylation sites (tertiary alicyclic amines) is 1. The summed E-state index contributed by atoms with van der Waals surface area (Å²) in [5.74, 6) is 0.985. The molecule has 4 heterocycles. The van der Waals surface area contributed by atoms with Crippen molar-refractivity contribution in [1.29, 1.82) is 0 Å². The van der Waals surface area contributed by atoms with E-state index in [0.29, 0.717) is 29.8 Å². The first-order valence-electron chi connectivity index (χ1n) is 11.6. The zero-order valence-electron chi connectivity index (χ0n) is 19.1. The third-order valence-electron chi connectivity index (χ3n) is 6.78. The van der Waals surface area contributed by atoms with Gasteiger partial charge in [-0.15, -0.1) is 0 Å². The zero-order chi connectivity index (χ0) is 23.1. The van der Waals surface area contributed by atoms with Gasteiger partial charge in [-0.3, -0.25) is 19.3 Å². The van der Waals surface area contributed by atoms with Crippen LogP contribution in [0, 0.1) is 5.92 Å². The SMILES string of the molecule is CC(C)n1cc(C2CC2C(=O)N[C@@H]2CCN(C(=O)c3ccc(-c4ccccn4)o3)[C@@H]2C)cn1. The van der Waals surface area contributed by atoms with Crippen LogP contribution in [0.3, 0.4) is 0 Å². The van der Waals surface area contributed by atoms with Gasteiger partial charge in [-0.25, -0.2) is 0 Å². The molecule has 2 unspecified atom stereocenters. The van der Waals surface area contributed by atoms with Gasteiger partial charge in [0, 0.05) is 36.9 Å². The number of rotatable bonds is 6. The fraction of sp³-hybridized carbons (Fsp3) is 0.440. The number of hydrogen-bond donors (Lipinski definition) is 1. The molecule has 4 atom stereocenters. The second-order valence-corrected chi connectivity index (χ2v) is 9.32. The van der Waals surface area contributed by atoms with Crippen LogP contribution in [0.4, 0.5) is 0 Å². The summed E-state index contributed by atoms with van der Waals surface area (Å²) in [6.45, 7) is 6.74. The Kier molecular flexibility index (Phi) is 5.52. The van der Waals surface area contributed by atoms with Crippen molar-refractivity contribution in [1.82, 2.24) is 25.0 Å². The van der Waals surface area contributed by atoms with Crippen molar-refractivity contribution in [3.63, 3.8) is 0 Å². The maximum atomic E-state index is 13.1. The third kappa shape index (κ3) is 4.17. The summed E-state index contributed by atoms with van der Waals surface area (Å²) in [5, 5.41) is 7.58. The maximum absolute atomic E-state index is 13.1. The first-order chi connectivity index (χ1) is 15.9. The summed E-state index contributed by atoms with van der Waals surface area (Å²) >= 11 is 0. The quantitative estimate of drug-likeness (QED) is 0.623. The highest BCUT2D eigenvalue weighted by Crippen LogP contribution is 2.47. The number of furan rings is 1. The maximum Gasteiger partial charge on any atom is 0.289 e. The van der Waals surface area contributed by atoms with Crippen LogP contribution in [0.1, 0.15) is 61.7 Å². The number of nitrogens with zero attached hydrogens (tertiary/aromatic N) is 4. The minimum atomic E-state index is -0.160. The second kappa shape index (κ2) is 8.50. The number of pyridine rings is 1. The molecule has 0 bridgehead atoms. The largest absolute Gasteiger partial charge is 0.449 e. The van der Waals surface area contributed by atoms with Gasteiger partial charge in [0.15, 0.2) is 11.5 Å². The minimum Gasteiger partial charge on any atom is -0.449 e. The highest BCUT2D eigenvalue weighted by Gasteiger charge is 2.46. The Hall–Kier alpha value is -3.42. The van der Waals surface area contributed by atoms with Crippen molar-refractivity contribution < 1.29 is 14.0 Å². The van der Waals surface area contributed by atoms with Gasteiger partial charge in [0.05, 0.1) is 12.2 Å². The lowest BCUT2D eigenvalue weighted by molar-refractivity contribution is -0.123. The zero-order valence-corrected chi connectivity index (χ0v) is 19.1. The lowest BCUT2D eigenvalue weighted by Gasteiger charge is -2.24. The molecule has 3 aromatic heterocycles. The predicted octanol–water partition coefficient (Wildman–Crippen LogP) is 3.64. The van der Waals surface area contributed by atoms with Gasteiger partial charge < -0.3 is 14.6 Å². The van der Waals surface area contributed by atoms with Crippen molar-refractivity contribution in [2.75, 3.05) is 6.54 Å². The molecule has 8 heteroatoms. The van der Waals surface area contributed by atoms with Crippen LogP contribution in [-0.2, 0) is 4.79 Å². The second-order valence-electron chi connectivity index (χ2n) is 9.32. The lowest BCUT2D eigenvalue weighted by Crippen LogP contribution is -2.45. The van der Waals surface area contributed by atoms with Crippen LogP contribution in [-0.4, -0.2) is 50.1 Å². The molecule has 2 aliphatic rings. The normalized spacial score (nSPS) is 24.3. The molecule has 1 saturated carbocycles. The van der Waals surface area contributed by atoms with Crippen LogP contribution in [0.2, 0.25) is 0 Å². The van der Waals surface area contributed by atoms with Crippen LogP contribution in [0.15, 0.2) is 53.3 Å². The van der Waals surface area contributed by atoms with Gasteiger partial charge in [0.25, 0.3) is 5.91 Å². The topological polar surface area (TPSA) is 93.3 Å². The third-order valence-corrected chi connectivity index (χ3v) is 6.78. The Labute approximate surface area is 193 Å². The standard InChI is InChI=1S/C25H29N5O3/c1-15(2)30-14-17(13-27-30)18-12-19(18)24(31)28-20-9-11-29(16(20)3)25(32)23-8-7-22(33-23)21-6-4-5-10-26-21/h4-8,10,13-16,18-20H,9,11-12H2,1-3H3,(H,28,31)/t16-,18?,19?,20-/m1/s1. The van der Waals surface area contributed by atoms with E-state index in [1.165, 1.54) is 0 Å². The number of hydrogen-bond acceptors (Lipinski definition) is 5. The molecule has 0 aromatic carbocycles. The van der Waals surface area contributed by atoms with Gasteiger partial charge >= 0.3 is 0 Å². The van der Waals surface area contributed by atoms with E-state index in [-0.39, 0.29) is 35.7 Å². The Morgan fingerprint density at radius 3 is 2.79 bits per heavy atom. The van der Waals surface area contributed by atoms with Gasteiger partial charge in [0.1, 0.15) is 5.69 Å². The van der Waals surface area contributed by atoms with Crippen molar-refractivity contribution in [3.05, 3.63) is 60.2 Å². The molecule has 1 saturated heterocycles. The van der Waals surface area contributed by atoms with Crippen LogP contribution < -0.4 is 5.32 Å². The molecule has 2 fully saturated rings. The Morgan fingerprint density at radius 2 is 2.06 bits per heavy atom. The average molecular weight is 448 g/mol. The Bertz CT molecular complexity index is 1150. The van der Waals surface area contributed by atoms with Gasteiger partial charge in [-0.2, -0.15) is 5.10 Å². The lowest BCUT2D eigenvalue weighted by atomic mass is 10.1. The number of carbonyl (C=O) groups excluding carboxylic acids is 2. The number of amides is 2. The van der Waals surface area contributed by atoms with Crippen LogP contribution in [0.5, 0.6) is 0 Å². The Morgan fingerprint density at radius 1 is 1.21 bits per heavy atom. The fourth-order valence-corrected chi connectivity index (χ4v) is 4.63. The first-order valence-corrected chi connectivity index (χ1v) is 11.6. The molecule has 3 aromatic rings. The number of nitrogens with one attached hydrogen (secondary N) is 1. The molecular formula is C25H29N5O3. The summed E-state index contributed by atoms with van der Waals surface area (Å²) in [4.78, 5) is 32.0. The van der Waals surface area contributed by atoms with E-state index in [0.717, 1.165) is 18.4 Å². The molecule has 1 aliphatic carbocycles. The van der Waals surface area contributed by atoms with E-state index in [1.807, 2.05) is 42.2 Å². The molecule has 2 amide bonds. The monoisotopic (exact) mass is 447 g/mol. The summed E-state index contributed by atoms with van der Waals surface area (Å²) in [6.07, 6.45) is 7.19. The molecular weight excluding hydrogens is 418 g/mol. The summed E-state index contributed by atoms with van der Waals surface area (Å²) in [7, 11) is 0. The van der Waals surface area contributed by atoms with E-state index in [9.17, 15) is 9.59 Å². The summed E-state index contributed by atoms with van der Waals surface area (Å²) < 4.78 is 7.72. The van der Waals surface area contributed by atoms with E-state index in [4.69, 9.17) is 4.42 Å². The van der Waals surface area contributed by atoms with Gasteiger partial charge in [-0.05, 0) is 69.4 Å². The van der Waals surface area contributed by atoms with Crippen LogP contribution >= 0.6 is 0 Å². The van der Waals surface area contributed by atoms with E-state index >= 15 is 0 Å². The van der Waals surface area contributed by atoms with Crippen molar-refractivity contribution >= 4 is 11.8 Å².